The van der Waals surface area contributed by atoms with Gasteiger partial charge < -0.3 is 10.2 Å². The van der Waals surface area contributed by atoms with Crippen LogP contribution in [0.4, 0.5) is 24.7 Å². The number of thiazole rings is 1. The predicted molar refractivity (Wildman–Crippen MR) is 105 cm³/mol. The fraction of sp³-hybridized carbons (Fsp3) is 0.316. The number of amides is 1. The summed E-state index contributed by atoms with van der Waals surface area (Å²) in [4.78, 5) is 18.6. The number of aromatic nitrogens is 3. The van der Waals surface area contributed by atoms with Gasteiger partial charge in [-0.1, -0.05) is 6.07 Å². The molecule has 152 valence electrons. The maximum atomic E-state index is 14.0. The van der Waals surface area contributed by atoms with Crippen molar-refractivity contribution in [3.63, 3.8) is 0 Å². The third-order valence-corrected chi connectivity index (χ3v) is 5.59. The number of nitrogens with zero attached hydrogens (tertiary/aromatic N) is 4. The number of carbonyl (C=O) groups is 1. The van der Waals surface area contributed by atoms with Gasteiger partial charge in [-0.2, -0.15) is 5.10 Å². The number of anilines is 2. The summed E-state index contributed by atoms with van der Waals surface area (Å²) in [5.41, 5.74) is 0.198. The van der Waals surface area contributed by atoms with E-state index in [9.17, 15) is 18.0 Å². The molecule has 1 atom stereocenters. The van der Waals surface area contributed by atoms with Crippen LogP contribution in [-0.4, -0.2) is 39.9 Å². The van der Waals surface area contributed by atoms with E-state index >= 15 is 0 Å². The lowest BCUT2D eigenvalue weighted by atomic mass is 10.1. The molecule has 1 fully saturated rings. The minimum absolute atomic E-state index is 0.0319. The Hall–Kier alpha value is -2.88. The molecule has 4 rings (SSSR count). The van der Waals surface area contributed by atoms with E-state index in [-0.39, 0.29) is 22.8 Å². The molecular weight excluding hydrogens is 403 g/mol. The molecule has 0 bridgehead atoms. The third-order valence-electron chi connectivity index (χ3n) is 4.73. The molecular formula is C19H18F3N5OS. The summed E-state index contributed by atoms with van der Waals surface area (Å²) in [6, 6.07) is 3.54. The smallest absolute Gasteiger partial charge is 0.275 e. The quantitative estimate of drug-likeness (QED) is 0.691. The van der Waals surface area contributed by atoms with E-state index in [1.54, 1.807) is 11.7 Å². The van der Waals surface area contributed by atoms with Crippen LogP contribution in [0.25, 0.3) is 10.6 Å². The van der Waals surface area contributed by atoms with Crippen molar-refractivity contribution in [3.8, 4) is 10.6 Å². The fourth-order valence-electron chi connectivity index (χ4n) is 3.39. The largest absolute Gasteiger partial charge is 0.352 e. The van der Waals surface area contributed by atoms with Gasteiger partial charge in [-0.05, 0) is 25.0 Å². The van der Waals surface area contributed by atoms with Crippen molar-refractivity contribution in [2.45, 2.75) is 19.0 Å². The lowest BCUT2D eigenvalue weighted by Gasteiger charge is -2.31. The highest BCUT2D eigenvalue weighted by atomic mass is 32.1. The minimum atomic E-state index is -0.932. The van der Waals surface area contributed by atoms with Gasteiger partial charge >= 0.3 is 0 Å². The Balaban J connectivity index is 1.56. The first-order valence-electron chi connectivity index (χ1n) is 9.06. The standard InChI is InChI=1S/C19H18F3N5OS/c1-26-19(27-7-3-4-11(20)9-27)14(8-23-26)24-17(28)15-10-29-18(25-15)16-12(21)5-2-6-13(16)22/h2,5-6,8,10-11H,3-4,7,9H2,1H3,(H,24,28)/t11-/m0/s1. The summed E-state index contributed by atoms with van der Waals surface area (Å²) in [6.45, 7) is 0.895. The lowest BCUT2D eigenvalue weighted by Crippen LogP contribution is -2.38. The molecule has 10 heteroatoms. The number of nitrogens with one attached hydrogen (secondary N) is 1. The molecule has 0 spiro atoms. The second kappa shape index (κ2) is 7.86. The van der Waals surface area contributed by atoms with Crippen LogP contribution in [0.15, 0.2) is 29.8 Å². The van der Waals surface area contributed by atoms with Gasteiger partial charge in [0.05, 0.1) is 18.3 Å². The normalized spacial score (nSPS) is 16.8. The van der Waals surface area contributed by atoms with Gasteiger partial charge in [-0.15, -0.1) is 11.3 Å². The van der Waals surface area contributed by atoms with Crippen LogP contribution < -0.4 is 10.2 Å². The van der Waals surface area contributed by atoms with Gasteiger partial charge in [-0.3, -0.25) is 9.48 Å². The molecule has 1 saturated heterocycles. The first-order chi connectivity index (χ1) is 13.9. The van der Waals surface area contributed by atoms with Crippen molar-refractivity contribution < 1.29 is 18.0 Å². The van der Waals surface area contributed by atoms with Gasteiger partial charge in [-0.25, -0.2) is 18.2 Å². The van der Waals surface area contributed by atoms with Crippen molar-refractivity contribution in [1.29, 1.82) is 0 Å². The molecule has 0 aliphatic carbocycles. The number of benzene rings is 1. The SMILES string of the molecule is Cn1ncc(NC(=O)c2csc(-c3c(F)cccc3F)n2)c1N1CCC[C@H](F)C1. The summed E-state index contributed by atoms with van der Waals surface area (Å²) in [7, 11) is 1.72. The Morgan fingerprint density at radius 2 is 2.07 bits per heavy atom. The Morgan fingerprint density at radius 3 is 2.79 bits per heavy atom. The highest BCUT2D eigenvalue weighted by Gasteiger charge is 2.25. The summed E-state index contributed by atoms with van der Waals surface area (Å²) >= 11 is 0.975. The molecule has 3 heterocycles. The van der Waals surface area contributed by atoms with Gasteiger partial charge in [0, 0.05) is 19.0 Å². The average Bonchev–Trinajstić information content (AvgIpc) is 3.29. The number of aryl methyl sites for hydroxylation is 1. The highest BCUT2D eigenvalue weighted by Crippen LogP contribution is 2.31. The summed E-state index contributed by atoms with van der Waals surface area (Å²) < 4.78 is 43.3. The second-order valence-corrected chi connectivity index (χ2v) is 7.64. The summed E-state index contributed by atoms with van der Waals surface area (Å²) in [5.74, 6) is -1.41. The van der Waals surface area contributed by atoms with Crippen LogP contribution in [0.2, 0.25) is 0 Å². The number of hydrogen-bond acceptors (Lipinski definition) is 5. The van der Waals surface area contributed by atoms with E-state index in [4.69, 9.17) is 0 Å². The average molecular weight is 421 g/mol. The molecule has 1 aliphatic heterocycles. The molecule has 0 saturated carbocycles. The van der Waals surface area contributed by atoms with Gasteiger partial charge in [0.25, 0.3) is 5.91 Å². The molecule has 1 aliphatic rings. The monoisotopic (exact) mass is 421 g/mol. The zero-order valence-electron chi connectivity index (χ0n) is 15.5. The van der Waals surface area contributed by atoms with E-state index in [0.717, 1.165) is 23.5 Å². The second-order valence-electron chi connectivity index (χ2n) is 6.78. The van der Waals surface area contributed by atoms with Gasteiger partial charge in [0.2, 0.25) is 0 Å². The first-order valence-corrected chi connectivity index (χ1v) is 9.94. The number of rotatable bonds is 4. The molecule has 1 amide bonds. The van der Waals surface area contributed by atoms with Crippen molar-refractivity contribution in [2.75, 3.05) is 23.3 Å². The van der Waals surface area contributed by atoms with E-state index in [0.29, 0.717) is 30.9 Å². The van der Waals surface area contributed by atoms with Crippen LogP contribution in [0.5, 0.6) is 0 Å². The maximum absolute atomic E-state index is 14.0. The van der Waals surface area contributed by atoms with Crippen molar-refractivity contribution in [1.82, 2.24) is 14.8 Å². The zero-order valence-corrected chi connectivity index (χ0v) is 16.3. The number of piperidine rings is 1. The van der Waals surface area contributed by atoms with Gasteiger partial charge in [0.1, 0.15) is 34.2 Å². The van der Waals surface area contributed by atoms with Crippen LogP contribution in [0.3, 0.4) is 0 Å². The van der Waals surface area contributed by atoms with E-state index in [1.807, 2.05) is 4.90 Å². The van der Waals surface area contributed by atoms with Crippen LogP contribution in [0.1, 0.15) is 23.3 Å². The van der Waals surface area contributed by atoms with Gasteiger partial charge in [0.15, 0.2) is 5.82 Å². The van der Waals surface area contributed by atoms with Crippen molar-refractivity contribution in [3.05, 3.63) is 47.1 Å². The maximum Gasteiger partial charge on any atom is 0.275 e. The zero-order chi connectivity index (χ0) is 20.5. The Labute approximate surface area is 169 Å². The van der Waals surface area contributed by atoms with Crippen LogP contribution in [0, 0.1) is 11.6 Å². The van der Waals surface area contributed by atoms with E-state index in [2.05, 4.69) is 15.4 Å². The molecule has 0 radical (unpaired) electrons. The molecule has 29 heavy (non-hydrogen) atoms. The highest BCUT2D eigenvalue weighted by molar-refractivity contribution is 7.13. The molecule has 1 N–H and O–H groups in total. The van der Waals surface area contributed by atoms with Crippen LogP contribution in [-0.2, 0) is 7.05 Å². The third kappa shape index (κ3) is 3.84. The minimum Gasteiger partial charge on any atom is -0.352 e. The summed E-state index contributed by atoms with van der Waals surface area (Å²) in [5, 5.41) is 8.40. The first kappa shape index (κ1) is 19.4. The number of alkyl halides is 1. The molecule has 3 aromatic rings. The van der Waals surface area contributed by atoms with Crippen molar-refractivity contribution in [2.24, 2.45) is 7.05 Å². The predicted octanol–water partition coefficient (Wildman–Crippen LogP) is 4.01. The molecule has 0 unspecified atom stereocenters. The lowest BCUT2D eigenvalue weighted by molar-refractivity contribution is 0.102. The Morgan fingerprint density at radius 1 is 1.31 bits per heavy atom. The number of halogens is 3. The molecule has 6 nitrogen and oxygen atoms in total. The van der Waals surface area contributed by atoms with E-state index < -0.39 is 23.7 Å². The van der Waals surface area contributed by atoms with E-state index in [1.165, 1.54) is 17.6 Å². The Kier molecular flexibility index (Phi) is 5.27. The molecule has 2 aromatic heterocycles. The number of hydrogen-bond donors (Lipinski definition) is 1. The molecule has 1 aromatic carbocycles. The summed E-state index contributed by atoms with van der Waals surface area (Å²) in [6.07, 6.45) is 1.78. The van der Waals surface area contributed by atoms with Crippen molar-refractivity contribution >= 4 is 28.7 Å². The fourth-order valence-corrected chi connectivity index (χ4v) is 4.24. The Bertz CT molecular complexity index is 1030. The topological polar surface area (TPSA) is 63.1 Å². The van der Waals surface area contributed by atoms with Crippen LogP contribution >= 0.6 is 11.3 Å². The number of carbonyl (C=O) groups excluding carboxylic acids is 1.